The van der Waals surface area contributed by atoms with Crippen molar-refractivity contribution in [1.82, 2.24) is 0 Å². The molecule has 3 rings (SSSR count). The smallest absolute Gasteiger partial charge is 0.403 e. The zero-order chi connectivity index (χ0) is 21.8. The van der Waals surface area contributed by atoms with Crippen molar-refractivity contribution in [3.63, 3.8) is 0 Å². The molecule has 0 bridgehead atoms. The molecule has 4 nitrogen and oxygen atoms in total. The molecule has 2 aliphatic heterocycles. The van der Waals surface area contributed by atoms with Gasteiger partial charge >= 0.3 is 14.2 Å². The van der Waals surface area contributed by atoms with Gasteiger partial charge in [-0.25, -0.2) is 0 Å². The van der Waals surface area contributed by atoms with E-state index in [1.807, 2.05) is 0 Å². The van der Waals surface area contributed by atoms with Crippen molar-refractivity contribution in [3.05, 3.63) is 35.4 Å². The first-order chi connectivity index (χ1) is 13.2. The quantitative estimate of drug-likeness (QED) is 0.644. The van der Waals surface area contributed by atoms with Crippen LogP contribution < -0.4 is 0 Å². The molecule has 7 heteroatoms. The number of rotatable bonds is 5. The summed E-state index contributed by atoms with van der Waals surface area (Å²) in [5, 5.41) is 0. The molecule has 1 aromatic rings. The van der Waals surface area contributed by atoms with E-state index in [-0.39, 0.29) is 5.72 Å². The molecule has 2 heterocycles. The molecule has 2 fully saturated rings. The molecule has 0 atom stereocenters. The van der Waals surface area contributed by atoms with Gasteiger partial charge in [0.15, 0.2) is 0 Å². The Morgan fingerprint density at radius 3 is 1.48 bits per heavy atom. The number of hydrogen-bond donors (Lipinski definition) is 0. The van der Waals surface area contributed by atoms with E-state index >= 15 is 0 Å². The van der Waals surface area contributed by atoms with E-state index < -0.39 is 45.4 Å². The third kappa shape index (κ3) is 4.26. The predicted molar refractivity (Wildman–Crippen MR) is 123 cm³/mol. The molecule has 0 saturated carbocycles. The van der Waals surface area contributed by atoms with Crippen LogP contribution in [-0.4, -0.2) is 45.4 Å². The molecule has 0 N–H and O–H groups in total. The van der Waals surface area contributed by atoms with Crippen molar-refractivity contribution >= 4 is 23.0 Å². The summed E-state index contributed by atoms with van der Waals surface area (Å²) in [5.41, 5.74) is 0.793. The van der Waals surface area contributed by atoms with Gasteiger partial charge in [-0.05, 0) is 72.6 Å². The molecule has 0 spiro atoms. The summed E-state index contributed by atoms with van der Waals surface area (Å²) in [7, 11) is -1.30. The van der Waals surface area contributed by atoms with Crippen LogP contribution in [0.5, 0.6) is 0 Å². The lowest BCUT2D eigenvalue weighted by molar-refractivity contribution is 0.00578. The lowest BCUT2D eigenvalue weighted by Crippen LogP contribution is -2.42. The van der Waals surface area contributed by atoms with Crippen LogP contribution in [0.1, 0.15) is 72.2 Å². The van der Waals surface area contributed by atoms with E-state index in [0.29, 0.717) is 0 Å². The first-order valence-electron chi connectivity index (χ1n) is 10.7. The Hall–Kier alpha value is -0.593. The molecule has 0 unspecified atom stereocenters. The molecule has 0 aliphatic carbocycles. The van der Waals surface area contributed by atoms with Gasteiger partial charge in [-0.3, -0.25) is 0 Å². The molecule has 1 aromatic carbocycles. The van der Waals surface area contributed by atoms with Crippen LogP contribution in [0.25, 0.3) is 0 Å². The van der Waals surface area contributed by atoms with Gasteiger partial charge in [0.2, 0.25) is 0 Å². The van der Waals surface area contributed by atoms with Gasteiger partial charge in [0.25, 0.3) is 0 Å². The minimum absolute atomic E-state index is 0.158. The largest absolute Gasteiger partial charge is 0.463 e. The maximum atomic E-state index is 6.52. The minimum Gasteiger partial charge on any atom is -0.403 e. The van der Waals surface area contributed by atoms with Crippen LogP contribution >= 0.6 is 0 Å². The van der Waals surface area contributed by atoms with E-state index in [1.165, 1.54) is 11.1 Å². The van der Waals surface area contributed by atoms with Gasteiger partial charge in [-0.1, -0.05) is 37.4 Å². The lowest BCUT2D eigenvalue weighted by atomic mass is 9.48. The number of benzene rings is 1. The summed E-state index contributed by atoms with van der Waals surface area (Å²) in [4.78, 5) is 0. The van der Waals surface area contributed by atoms with E-state index in [0.717, 1.165) is 6.04 Å². The monoisotopic (exact) mass is 415 g/mol. The fourth-order valence-electron chi connectivity index (χ4n) is 3.89. The summed E-state index contributed by atoms with van der Waals surface area (Å²) in [6.45, 7) is 21.5. The van der Waals surface area contributed by atoms with Crippen molar-refractivity contribution in [2.45, 2.75) is 103 Å². The second kappa shape index (κ2) is 7.52. The Balaban J connectivity index is 2.05. The normalized spacial score (nSPS) is 24.7. The zero-order valence-corrected chi connectivity index (χ0v) is 20.9. The standard InChI is InChI=1S/C22H37B2O4Si/c1-19(2)20(3,4)26-23(25-19)18(24-27-21(5,6)22(7,8)28-24)17-14-12-11-13-16(17)15-29(9)10/h11-14,18H,15H2,1-10H3. The van der Waals surface area contributed by atoms with Crippen molar-refractivity contribution in [2.75, 3.05) is 0 Å². The van der Waals surface area contributed by atoms with Crippen LogP contribution in [0, 0.1) is 0 Å². The van der Waals surface area contributed by atoms with Crippen LogP contribution in [0.15, 0.2) is 24.3 Å². The molecule has 2 aliphatic rings. The maximum Gasteiger partial charge on any atom is 0.463 e. The van der Waals surface area contributed by atoms with Crippen molar-refractivity contribution < 1.29 is 18.6 Å². The molecule has 0 amide bonds. The van der Waals surface area contributed by atoms with Crippen LogP contribution in [0.2, 0.25) is 13.1 Å². The Bertz CT molecular complexity index is 680. The van der Waals surface area contributed by atoms with E-state index in [4.69, 9.17) is 18.6 Å². The second-order valence-corrected chi connectivity index (χ2v) is 13.6. The molecule has 2 saturated heterocycles. The van der Waals surface area contributed by atoms with Crippen molar-refractivity contribution in [3.8, 4) is 0 Å². The van der Waals surface area contributed by atoms with Gasteiger partial charge in [0.05, 0.1) is 28.1 Å². The summed E-state index contributed by atoms with van der Waals surface area (Å²) in [6.07, 6.45) is 0. The summed E-state index contributed by atoms with van der Waals surface area (Å²) < 4.78 is 26.1. The fraction of sp³-hybridized carbons (Fsp3) is 0.727. The zero-order valence-electron chi connectivity index (χ0n) is 19.9. The average molecular weight is 415 g/mol. The molecular formula is C22H37B2O4Si. The van der Waals surface area contributed by atoms with E-state index in [2.05, 4.69) is 92.7 Å². The maximum absolute atomic E-state index is 6.52. The first-order valence-corrected chi connectivity index (χ1v) is 13.5. The average Bonchev–Trinajstić information content (AvgIpc) is 2.88. The van der Waals surface area contributed by atoms with E-state index in [1.54, 1.807) is 0 Å². The first kappa shape index (κ1) is 23.1. The molecule has 29 heavy (non-hydrogen) atoms. The van der Waals surface area contributed by atoms with Gasteiger partial charge < -0.3 is 18.6 Å². The van der Waals surface area contributed by atoms with Gasteiger partial charge in [0.1, 0.15) is 0 Å². The van der Waals surface area contributed by atoms with Gasteiger partial charge in [0, 0.05) is 8.80 Å². The van der Waals surface area contributed by atoms with Crippen LogP contribution in [0.3, 0.4) is 0 Å². The minimum atomic E-state index is -0.442. The highest BCUT2D eigenvalue weighted by Crippen LogP contribution is 2.46. The van der Waals surface area contributed by atoms with Gasteiger partial charge in [-0.2, -0.15) is 0 Å². The third-order valence-corrected chi connectivity index (χ3v) is 8.18. The Morgan fingerprint density at radius 2 is 1.10 bits per heavy atom. The Morgan fingerprint density at radius 1 is 0.724 bits per heavy atom. The summed E-state index contributed by atoms with van der Waals surface area (Å²) in [5.74, 6) is 0. The van der Waals surface area contributed by atoms with Crippen molar-refractivity contribution in [1.29, 1.82) is 0 Å². The second-order valence-electron chi connectivity index (χ2n) is 10.9. The van der Waals surface area contributed by atoms with E-state index in [9.17, 15) is 0 Å². The molecular weight excluding hydrogens is 378 g/mol. The third-order valence-electron chi connectivity index (χ3n) is 7.09. The lowest BCUT2D eigenvalue weighted by Gasteiger charge is -2.32. The highest BCUT2D eigenvalue weighted by atomic mass is 28.3. The Labute approximate surface area is 179 Å². The topological polar surface area (TPSA) is 36.9 Å². The fourth-order valence-corrected chi connectivity index (χ4v) is 4.98. The molecule has 0 aromatic heterocycles. The van der Waals surface area contributed by atoms with Gasteiger partial charge in [-0.15, -0.1) is 0 Å². The molecule has 159 valence electrons. The predicted octanol–water partition coefficient (Wildman–Crippen LogP) is 4.87. The number of hydrogen-bond acceptors (Lipinski definition) is 4. The van der Waals surface area contributed by atoms with Crippen LogP contribution in [0.4, 0.5) is 0 Å². The summed E-state index contributed by atoms with van der Waals surface area (Å²) >= 11 is 0. The summed E-state index contributed by atoms with van der Waals surface area (Å²) in [6, 6.07) is 9.74. The SMILES string of the molecule is C[Si](C)Cc1ccccc1C(B1OC(C)(C)C(C)(C)O1)B1OC(C)(C)C(C)(C)O1. The Kier molecular flexibility index (Phi) is 5.99. The van der Waals surface area contributed by atoms with Crippen LogP contribution in [-0.2, 0) is 24.7 Å². The molecule has 1 radical (unpaired) electrons. The highest BCUT2D eigenvalue weighted by molar-refractivity contribution is 6.68. The van der Waals surface area contributed by atoms with Crippen molar-refractivity contribution in [2.24, 2.45) is 0 Å². The highest BCUT2D eigenvalue weighted by Gasteiger charge is 2.62.